The summed E-state index contributed by atoms with van der Waals surface area (Å²) in [5, 5.41) is 3.33. The van der Waals surface area contributed by atoms with E-state index in [1.807, 2.05) is 18.7 Å². The zero-order valence-electron chi connectivity index (χ0n) is 9.98. The van der Waals surface area contributed by atoms with Gasteiger partial charge in [-0.3, -0.25) is 0 Å². The second-order valence-corrected chi connectivity index (χ2v) is 4.46. The maximum Gasteiger partial charge on any atom is 0.231 e. The fraction of sp³-hybridized carbons (Fsp3) is 0.700. The van der Waals surface area contributed by atoms with Crippen LogP contribution in [0.2, 0.25) is 5.28 Å². The zero-order chi connectivity index (χ0) is 12.3. The molecule has 0 amide bonds. The SMILES string of the molecule is CC(C)Nc1nc(Cl)nc(N2CCOCC2)n1. The van der Waals surface area contributed by atoms with E-state index in [0.29, 0.717) is 25.1 Å². The van der Waals surface area contributed by atoms with Gasteiger partial charge in [-0.2, -0.15) is 15.0 Å². The van der Waals surface area contributed by atoms with Gasteiger partial charge in [0.15, 0.2) is 0 Å². The first-order valence-electron chi connectivity index (χ1n) is 5.66. The largest absolute Gasteiger partial charge is 0.378 e. The standard InChI is InChI=1S/C10H16ClN5O/c1-7(2)12-9-13-8(11)14-10(15-9)16-3-5-17-6-4-16/h7H,3-6H2,1-2H3,(H,12,13,14,15). The van der Waals surface area contributed by atoms with E-state index < -0.39 is 0 Å². The Hall–Kier alpha value is -1.14. The van der Waals surface area contributed by atoms with Gasteiger partial charge in [-0.15, -0.1) is 0 Å². The Balaban J connectivity index is 2.18. The summed E-state index contributed by atoms with van der Waals surface area (Å²) in [7, 11) is 0. The maximum absolute atomic E-state index is 5.89. The third-order valence-corrected chi connectivity index (χ3v) is 2.48. The van der Waals surface area contributed by atoms with Crippen LogP contribution in [-0.2, 0) is 4.74 Å². The van der Waals surface area contributed by atoms with Gasteiger partial charge >= 0.3 is 0 Å². The van der Waals surface area contributed by atoms with Crippen LogP contribution >= 0.6 is 11.6 Å². The monoisotopic (exact) mass is 257 g/mol. The Labute approximate surface area is 105 Å². The Kier molecular flexibility index (Phi) is 3.96. The fourth-order valence-corrected chi connectivity index (χ4v) is 1.72. The smallest absolute Gasteiger partial charge is 0.231 e. The number of aromatic nitrogens is 3. The highest BCUT2D eigenvalue weighted by Gasteiger charge is 2.16. The Bertz CT molecular complexity index is 381. The Morgan fingerprint density at radius 1 is 1.24 bits per heavy atom. The summed E-state index contributed by atoms with van der Waals surface area (Å²) in [6, 6.07) is 0.256. The minimum absolute atomic E-state index is 0.213. The van der Waals surface area contributed by atoms with Crippen molar-refractivity contribution in [3.05, 3.63) is 5.28 Å². The maximum atomic E-state index is 5.89. The molecule has 1 N–H and O–H groups in total. The van der Waals surface area contributed by atoms with Gasteiger partial charge in [0.2, 0.25) is 17.2 Å². The number of morpholine rings is 1. The summed E-state index contributed by atoms with van der Waals surface area (Å²) in [6.45, 7) is 6.98. The molecule has 0 atom stereocenters. The van der Waals surface area contributed by atoms with Gasteiger partial charge in [-0.25, -0.2) is 0 Å². The van der Waals surface area contributed by atoms with Gasteiger partial charge in [0.1, 0.15) is 0 Å². The summed E-state index contributed by atoms with van der Waals surface area (Å²) in [6.07, 6.45) is 0. The molecule has 2 heterocycles. The van der Waals surface area contributed by atoms with Crippen LogP contribution in [0.1, 0.15) is 13.8 Å². The summed E-state index contributed by atoms with van der Waals surface area (Å²) >= 11 is 5.89. The highest BCUT2D eigenvalue weighted by molar-refractivity contribution is 6.28. The molecule has 1 aromatic heterocycles. The van der Waals surface area contributed by atoms with Gasteiger partial charge < -0.3 is 15.0 Å². The number of nitrogens with zero attached hydrogens (tertiary/aromatic N) is 4. The molecule has 0 aliphatic carbocycles. The lowest BCUT2D eigenvalue weighted by molar-refractivity contribution is 0.122. The number of hydrogen-bond acceptors (Lipinski definition) is 6. The molecule has 7 heteroatoms. The van der Waals surface area contributed by atoms with Gasteiger partial charge in [-0.1, -0.05) is 0 Å². The van der Waals surface area contributed by atoms with Crippen molar-refractivity contribution < 1.29 is 4.74 Å². The number of hydrogen-bond donors (Lipinski definition) is 1. The quantitative estimate of drug-likeness (QED) is 0.877. The molecular formula is C10H16ClN5O. The molecule has 0 spiro atoms. The van der Waals surface area contributed by atoms with E-state index in [1.165, 1.54) is 0 Å². The molecule has 94 valence electrons. The highest BCUT2D eigenvalue weighted by atomic mass is 35.5. The summed E-state index contributed by atoms with van der Waals surface area (Å²) in [5.74, 6) is 1.12. The Morgan fingerprint density at radius 2 is 1.94 bits per heavy atom. The minimum Gasteiger partial charge on any atom is -0.378 e. The van der Waals surface area contributed by atoms with Crippen LogP contribution < -0.4 is 10.2 Å². The molecule has 1 aliphatic heterocycles. The van der Waals surface area contributed by atoms with E-state index in [-0.39, 0.29) is 11.3 Å². The molecule has 1 saturated heterocycles. The van der Waals surface area contributed by atoms with Crippen molar-refractivity contribution in [2.45, 2.75) is 19.9 Å². The summed E-state index contributed by atoms with van der Waals surface area (Å²) in [5.41, 5.74) is 0. The van der Waals surface area contributed by atoms with E-state index in [1.54, 1.807) is 0 Å². The summed E-state index contributed by atoms with van der Waals surface area (Å²) < 4.78 is 5.28. The zero-order valence-corrected chi connectivity index (χ0v) is 10.7. The van der Waals surface area contributed by atoms with Crippen molar-refractivity contribution in [2.75, 3.05) is 36.5 Å². The second kappa shape index (κ2) is 5.46. The molecule has 1 aliphatic rings. The number of ether oxygens (including phenoxy) is 1. The molecule has 6 nitrogen and oxygen atoms in total. The minimum atomic E-state index is 0.213. The molecule has 0 bridgehead atoms. The highest BCUT2D eigenvalue weighted by Crippen LogP contribution is 2.15. The predicted molar refractivity (Wildman–Crippen MR) is 66.6 cm³/mol. The molecule has 1 fully saturated rings. The van der Waals surface area contributed by atoms with Crippen LogP contribution in [0.15, 0.2) is 0 Å². The molecule has 0 unspecified atom stereocenters. The topological polar surface area (TPSA) is 63.2 Å². The average Bonchev–Trinajstić information content (AvgIpc) is 2.28. The third kappa shape index (κ3) is 3.41. The fourth-order valence-electron chi connectivity index (χ4n) is 1.57. The molecule has 17 heavy (non-hydrogen) atoms. The van der Waals surface area contributed by atoms with Crippen molar-refractivity contribution in [2.24, 2.45) is 0 Å². The van der Waals surface area contributed by atoms with Crippen LogP contribution in [0, 0.1) is 0 Å². The predicted octanol–water partition coefficient (Wildman–Crippen LogP) is 1.18. The van der Waals surface area contributed by atoms with Crippen LogP contribution in [0.4, 0.5) is 11.9 Å². The van der Waals surface area contributed by atoms with Crippen molar-refractivity contribution >= 4 is 23.5 Å². The number of anilines is 2. The van der Waals surface area contributed by atoms with Gasteiger partial charge in [0, 0.05) is 19.1 Å². The molecule has 0 radical (unpaired) electrons. The van der Waals surface area contributed by atoms with E-state index in [0.717, 1.165) is 13.1 Å². The van der Waals surface area contributed by atoms with Crippen LogP contribution in [0.3, 0.4) is 0 Å². The van der Waals surface area contributed by atoms with Crippen molar-refractivity contribution in [1.29, 1.82) is 0 Å². The molecular weight excluding hydrogens is 242 g/mol. The van der Waals surface area contributed by atoms with Gasteiger partial charge in [-0.05, 0) is 25.4 Å². The second-order valence-electron chi connectivity index (χ2n) is 4.13. The lowest BCUT2D eigenvalue weighted by Crippen LogP contribution is -2.37. The first-order valence-corrected chi connectivity index (χ1v) is 6.04. The molecule has 0 saturated carbocycles. The van der Waals surface area contributed by atoms with Crippen molar-refractivity contribution in [3.8, 4) is 0 Å². The third-order valence-electron chi connectivity index (χ3n) is 2.31. The molecule has 0 aromatic carbocycles. The number of halogens is 1. The van der Waals surface area contributed by atoms with Crippen LogP contribution in [0.25, 0.3) is 0 Å². The van der Waals surface area contributed by atoms with Crippen molar-refractivity contribution in [1.82, 2.24) is 15.0 Å². The van der Waals surface area contributed by atoms with E-state index in [9.17, 15) is 0 Å². The first kappa shape index (κ1) is 12.3. The normalized spacial score (nSPS) is 16.4. The van der Waals surface area contributed by atoms with Crippen LogP contribution in [-0.4, -0.2) is 47.3 Å². The van der Waals surface area contributed by atoms with Gasteiger partial charge in [0.05, 0.1) is 13.2 Å². The molecule has 2 rings (SSSR count). The number of nitrogens with one attached hydrogen (secondary N) is 1. The van der Waals surface area contributed by atoms with E-state index in [4.69, 9.17) is 16.3 Å². The average molecular weight is 258 g/mol. The number of rotatable bonds is 3. The van der Waals surface area contributed by atoms with Crippen molar-refractivity contribution in [3.63, 3.8) is 0 Å². The lowest BCUT2D eigenvalue weighted by atomic mass is 10.4. The lowest BCUT2D eigenvalue weighted by Gasteiger charge is -2.26. The summed E-state index contributed by atoms with van der Waals surface area (Å²) in [4.78, 5) is 14.6. The van der Waals surface area contributed by atoms with Gasteiger partial charge in [0.25, 0.3) is 0 Å². The first-order chi connectivity index (χ1) is 8.15. The Morgan fingerprint density at radius 3 is 2.59 bits per heavy atom. The van der Waals surface area contributed by atoms with Crippen LogP contribution in [0.5, 0.6) is 0 Å². The van der Waals surface area contributed by atoms with E-state index in [2.05, 4.69) is 20.3 Å². The van der Waals surface area contributed by atoms with E-state index >= 15 is 0 Å². The molecule has 1 aromatic rings.